The van der Waals surface area contributed by atoms with E-state index in [4.69, 9.17) is 10.5 Å². The van der Waals surface area contributed by atoms with E-state index >= 15 is 0 Å². The molecule has 1 amide bonds. The third-order valence-electron chi connectivity index (χ3n) is 3.61. The smallest absolute Gasteiger partial charge is 0.224 e. The number of benzene rings is 1. The van der Waals surface area contributed by atoms with Crippen LogP contribution in [0.3, 0.4) is 0 Å². The predicted molar refractivity (Wildman–Crippen MR) is 90.2 cm³/mol. The van der Waals surface area contributed by atoms with Crippen LogP contribution in [-0.2, 0) is 16.1 Å². The Morgan fingerprint density at radius 3 is 2.81 bits per heavy atom. The van der Waals surface area contributed by atoms with E-state index < -0.39 is 0 Å². The minimum Gasteiger partial charge on any atom is -0.380 e. The van der Waals surface area contributed by atoms with Gasteiger partial charge in [-0.2, -0.15) is 0 Å². The molecule has 1 rings (SSSR count). The first kappa shape index (κ1) is 18.1. The third kappa shape index (κ3) is 6.16. The van der Waals surface area contributed by atoms with Crippen molar-refractivity contribution in [1.29, 1.82) is 0 Å². The molecule has 0 spiro atoms. The number of hydrogen-bond acceptors (Lipinski definition) is 3. The molecule has 4 nitrogen and oxygen atoms in total. The van der Waals surface area contributed by atoms with Gasteiger partial charge in [-0.3, -0.25) is 4.79 Å². The van der Waals surface area contributed by atoms with Gasteiger partial charge in [-0.05, 0) is 37.4 Å². The van der Waals surface area contributed by atoms with Gasteiger partial charge in [0.1, 0.15) is 0 Å². The molecule has 0 saturated heterocycles. The Bertz CT molecular complexity index is 452. The fraction of sp³-hybridized carbons (Fsp3) is 0.562. The molecule has 0 aliphatic rings. The molecule has 5 heteroatoms. The molecule has 0 bridgehead atoms. The highest BCUT2D eigenvalue weighted by molar-refractivity contribution is 9.10. The van der Waals surface area contributed by atoms with Gasteiger partial charge in [0, 0.05) is 29.3 Å². The van der Waals surface area contributed by atoms with Crippen molar-refractivity contribution in [2.24, 2.45) is 11.7 Å². The van der Waals surface area contributed by atoms with Crippen LogP contribution in [0.15, 0.2) is 22.7 Å². The summed E-state index contributed by atoms with van der Waals surface area (Å²) in [6.45, 7) is 3.29. The lowest BCUT2D eigenvalue weighted by atomic mass is 9.96. The van der Waals surface area contributed by atoms with E-state index in [1.807, 2.05) is 18.2 Å². The summed E-state index contributed by atoms with van der Waals surface area (Å²) < 4.78 is 6.12. The molecule has 0 aromatic heterocycles. The van der Waals surface area contributed by atoms with Crippen molar-refractivity contribution in [3.8, 4) is 0 Å². The summed E-state index contributed by atoms with van der Waals surface area (Å²) in [4.78, 5) is 12.1. The van der Waals surface area contributed by atoms with E-state index in [0.717, 1.165) is 35.0 Å². The van der Waals surface area contributed by atoms with Crippen molar-refractivity contribution in [3.05, 3.63) is 28.2 Å². The highest BCUT2D eigenvalue weighted by Crippen LogP contribution is 2.26. The Labute approximate surface area is 135 Å². The first-order valence-electron chi connectivity index (χ1n) is 7.38. The van der Waals surface area contributed by atoms with Crippen molar-refractivity contribution in [1.82, 2.24) is 0 Å². The maximum Gasteiger partial charge on any atom is 0.224 e. The highest BCUT2D eigenvalue weighted by atomic mass is 79.9. The molecular weight excluding hydrogens is 332 g/mol. The molecule has 0 saturated carbocycles. The van der Waals surface area contributed by atoms with E-state index in [1.54, 1.807) is 7.11 Å². The number of amides is 1. The molecule has 118 valence electrons. The maximum absolute atomic E-state index is 12.1. The quantitative estimate of drug-likeness (QED) is 0.709. The van der Waals surface area contributed by atoms with Crippen LogP contribution in [0.2, 0.25) is 0 Å². The molecule has 0 aliphatic heterocycles. The standard InChI is InChI=1S/C16H25BrN2O2/c1-3-12(9-10-18)7-8-16(20)19-15-6-4-5-14(17)13(15)11-21-2/h4-6,12H,3,7-11,18H2,1-2H3,(H,19,20). The van der Waals surface area contributed by atoms with Crippen molar-refractivity contribution < 1.29 is 9.53 Å². The van der Waals surface area contributed by atoms with Gasteiger partial charge in [0.05, 0.1) is 6.61 Å². The summed E-state index contributed by atoms with van der Waals surface area (Å²) in [6, 6.07) is 5.74. The molecule has 0 fully saturated rings. The molecule has 1 atom stereocenters. The molecule has 1 aromatic carbocycles. The van der Waals surface area contributed by atoms with Crippen LogP contribution in [0, 0.1) is 5.92 Å². The van der Waals surface area contributed by atoms with Crippen LogP contribution < -0.4 is 11.1 Å². The lowest BCUT2D eigenvalue weighted by molar-refractivity contribution is -0.116. The van der Waals surface area contributed by atoms with E-state index in [9.17, 15) is 4.79 Å². The van der Waals surface area contributed by atoms with Crippen molar-refractivity contribution in [3.63, 3.8) is 0 Å². The third-order valence-corrected chi connectivity index (χ3v) is 4.36. The Hall–Kier alpha value is -0.910. The number of nitrogens with two attached hydrogens (primary N) is 1. The molecule has 0 aliphatic carbocycles. The monoisotopic (exact) mass is 356 g/mol. The van der Waals surface area contributed by atoms with Gasteiger partial charge in [0.15, 0.2) is 0 Å². The summed E-state index contributed by atoms with van der Waals surface area (Å²) in [5.74, 6) is 0.572. The van der Waals surface area contributed by atoms with Crippen LogP contribution in [-0.4, -0.2) is 19.6 Å². The largest absolute Gasteiger partial charge is 0.380 e. The van der Waals surface area contributed by atoms with Gasteiger partial charge < -0.3 is 15.8 Å². The number of carbonyl (C=O) groups is 1. The van der Waals surface area contributed by atoms with Gasteiger partial charge in [-0.1, -0.05) is 35.3 Å². The van der Waals surface area contributed by atoms with Crippen LogP contribution in [0.25, 0.3) is 0 Å². The van der Waals surface area contributed by atoms with E-state index in [0.29, 0.717) is 25.5 Å². The second kappa shape index (κ2) is 9.92. The molecule has 0 heterocycles. The zero-order valence-electron chi connectivity index (χ0n) is 12.8. The van der Waals surface area contributed by atoms with Crippen LogP contribution in [0.5, 0.6) is 0 Å². The number of rotatable bonds is 9. The van der Waals surface area contributed by atoms with Crippen LogP contribution >= 0.6 is 15.9 Å². The number of methoxy groups -OCH3 is 1. The van der Waals surface area contributed by atoms with Crippen molar-refractivity contribution in [2.45, 2.75) is 39.2 Å². The topological polar surface area (TPSA) is 64.4 Å². The van der Waals surface area contributed by atoms with Gasteiger partial charge in [-0.25, -0.2) is 0 Å². The fourth-order valence-electron chi connectivity index (χ4n) is 2.30. The number of ether oxygens (including phenoxy) is 1. The Morgan fingerprint density at radius 2 is 2.19 bits per heavy atom. The summed E-state index contributed by atoms with van der Waals surface area (Å²) in [5.41, 5.74) is 7.35. The average molecular weight is 357 g/mol. The SMILES string of the molecule is CCC(CCN)CCC(=O)Nc1cccc(Br)c1COC. The highest BCUT2D eigenvalue weighted by Gasteiger charge is 2.12. The summed E-state index contributed by atoms with van der Waals surface area (Å²) in [7, 11) is 1.64. The summed E-state index contributed by atoms with van der Waals surface area (Å²) >= 11 is 3.49. The van der Waals surface area contributed by atoms with E-state index in [2.05, 4.69) is 28.2 Å². The van der Waals surface area contributed by atoms with Gasteiger partial charge in [0.25, 0.3) is 0 Å². The number of carbonyl (C=O) groups excluding carboxylic acids is 1. The zero-order chi connectivity index (χ0) is 15.7. The van der Waals surface area contributed by atoms with Gasteiger partial charge >= 0.3 is 0 Å². The van der Waals surface area contributed by atoms with Crippen molar-refractivity contribution in [2.75, 3.05) is 19.0 Å². The average Bonchev–Trinajstić information content (AvgIpc) is 2.47. The molecule has 1 unspecified atom stereocenters. The summed E-state index contributed by atoms with van der Waals surface area (Å²) in [6.07, 6.45) is 3.45. The minimum absolute atomic E-state index is 0.0425. The second-order valence-corrected chi connectivity index (χ2v) is 5.99. The molecular formula is C16H25BrN2O2. The number of nitrogens with one attached hydrogen (secondary N) is 1. The maximum atomic E-state index is 12.1. The molecule has 21 heavy (non-hydrogen) atoms. The molecule has 0 radical (unpaired) electrons. The van der Waals surface area contributed by atoms with Crippen LogP contribution in [0.1, 0.15) is 38.2 Å². The van der Waals surface area contributed by atoms with Crippen molar-refractivity contribution >= 4 is 27.5 Å². The van der Waals surface area contributed by atoms with Crippen LogP contribution in [0.4, 0.5) is 5.69 Å². The lowest BCUT2D eigenvalue weighted by Crippen LogP contribution is -2.16. The zero-order valence-corrected chi connectivity index (χ0v) is 14.4. The van der Waals surface area contributed by atoms with E-state index in [1.165, 1.54) is 0 Å². The van der Waals surface area contributed by atoms with Gasteiger partial charge in [0.2, 0.25) is 5.91 Å². The minimum atomic E-state index is 0.0425. The summed E-state index contributed by atoms with van der Waals surface area (Å²) in [5, 5.41) is 2.98. The first-order chi connectivity index (χ1) is 10.1. The van der Waals surface area contributed by atoms with E-state index in [-0.39, 0.29) is 5.91 Å². The number of hydrogen-bond donors (Lipinski definition) is 2. The number of anilines is 1. The Morgan fingerprint density at radius 1 is 1.43 bits per heavy atom. The Balaban J connectivity index is 2.60. The molecule has 3 N–H and O–H groups in total. The first-order valence-corrected chi connectivity index (χ1v) is 8.17. The normalized spacial score (nSPS) is 12.2. The number of halogens is 1. The fourth-order valence-corrected chi connectivity index (χ4v) is 2.78. The Kier molecular flexibility index (Phi) is 8.57. The second-order valence-electron chi connectivity index (χ2n) is 5.14. The van der Waals surface area contributed by atoms with Gasteiger partial charge in [-0.15, -0.1) is 0 Å². The lowest BCUT2D eigenvalue weighted by Gasteiger charge is -2.15. The predicted octanol–water partition coefficient (Wildman–Crippen LogP) is 3.69. The molecule has 1 aromatic rings.